The lowest BCUT2D eigenvalue weighted by molar-refractivity contribution is -0.137. The Kier molecular flexibility index (Phi) is 4.52. The summed E-state index contributed by atoms with van der Waals surface area (Å²) in [6.45, 7) is 7.49. The minimum absolute atomic E-state index is 0.0442. The van der Waals surface area contributed by atoms with Crippen LogP contribution in [0.5, 0.6) is 0 Å². The number of rotatable bonds is 4. The second-order valence-corrected chi connectivity index (χ2v) is 6.83. The van der Waals surface area contributed by atoms with Crippen LogP contribution in [0.25, 0.3) is 0 Å². The van der Waals surface area contributed by atoms with Gasteiger partial charge >= 0.3 is 0 Å². The molecule has 2 nitrogen and oxygen atoms in total. The van der Waals surface area contributed by atoms with Gasteiger partial charge in [-0.05, 0) is 11.1 Å². The molecule has 0 spiro atoms. The molecule has 1 N–H and O–H groups in total. The zero-order valence-electron chi connectivity index (χ0n) is 13.7. The van der Waals surface area contributed by atoms with Gasteiger partial charge in [-0.1, -0.05) is 88.4 Å². The van der Waals surface area contributed by atoms with Gasteiger partial charge in [0.2, 0.25) is 0 Å². The molecule has 116 valence electrons. The molecule has 2 aromatic rings. The Morgan fingerprint density at radius 2 is 1.23 bits per heavy atom. The summed E-state index contributed by atoms with van der Waals surface area (Å²) in [6, 6.07) is 18.9. The van der Waals surface area contributed by atoms with Crippen molar-refractivity contribution < 1.29 is 9.90 Å². The summed E-state index contributed by atoms with van der Waals surface area (Å²) in [7, 11) is 0. The molecule has 0 aliphatic carbocycles. The van der Waals surface area contributed by atoms with Crippen molar-refractivity contribution in [3.63, 3.8) is 0 Å². The number of carbonyl (C=O) groups excluding carboxylic acids is 1. The second-order valence-electron chi connectivity index (χ2n) is 6.83. The Balaban J connectivity index is 2.59. The maximum atomic E-state index is 12.8. The molecule has 1 atom stereocenters. The number of hydrogen-bond acceptors (Lipinski definition) is 2. The zero-order chi connectivity index (χ0) is 16.4. The topological polar surface area (TPSA) is 37.3 Å². The van der Waals surface area contributed by atoms with Crippen LogP contribution in [0.3, 0.4) is 0 Å². The van der Waals surface area contributed by atoms with Gasteiger partial charge in [0.05, 0.1) is 5.92 Å². The highest BCUT2D eigenvalue weighted by atomic mass is 16.3. The van der Waals surface area contributed by atoms with Gasteiger partial charge in [-0.15, -0.1) is 0 Å². The number of aliphatic hydroxyl groups is 1. The van der Waals surface area contributed by atoms with E-state index in [0.29, 0.717) is 0 Å². The first-order chi connectivity index (χ1) is 10.3. The van der Waals surface area contributed by atoms with Gasteiger partial charge in [-0.3, -0.25) is 4.79 Å². The molecule has 0 amide bonds. The summed E-state index contributed by atoms with van der Waals surface area (Å²) in [5, 5.41) is 11.5. The molecule has 0 heterocycles. The van der Waals surface area contributed by atoms with E-state index in [9.17, 15) is 9.90 Å². The van der Waals surface area contributed by atoms with E-state index in [0.717, 1.165) is 11.1 Å². The van der Waals surface area contributed by atoms with Crippen LogP contribution in [0.2, 0.25) is 0 Å². The van der Waals surface area contributed by atoms with Crippen molar-refractivity contribution in [3.8, 4) is 0 Å². The van der Waals surface area contributed by atoms with Gasteiger partial charge in [-0.25, -0.2) is 0 Å². The second kappa shape index (κ2) is 6.05. The molecule has 2 aromatic carbocycles. The van der Waals surface area contributed by atoms with Crippen LogP contribution in [0.4, 0.5) is 0 Å². The number of hydrogen-bond donors (Lipinski definition) is 1. The molecule has 0 aliphatic rings. The van der Waals surface area contributed by atoms with E-state index in [-0.39, 0.29) is 5.78 Å². The van der Waals surface area contributed by atoms with E-state index in [2.05, 4.69) is 0 Å². The smallest absolute Gasteiger partial charge is 0.144 e. The number of carbonyl (C=O) groups is 1. The van der Waals surface area contributed by atoms with E-state index in [1.54, 1.807) is 0 Å². The Morgan fingerprint density at radius 1 is 0.864 bits per heavy atom. The van der Waals surface area contributed by atoms with Crippen molar-refractivity contribution in [2.24, 2.45) is 11.3 Å². The fourth-order valence-corrected chi connectivity index (χ4v) is 2.89. The first-order valence-electron chi connectivity index (χ1n) is 7.65. The SMILES string of the molecule is CC(C(=O)C(C)(C)C)C(O)(c1ccccc1)c1ccccc1. The lowest BCUT2D eigenvalue weighted by Crippen LogP contribution is -2.43. The fourth-order valence-electron chi connectivity index (χ4n) is 2.89. The van der Waals surface area contributed by atoms with Gasteiger partial charge in [0.25, 0.3) is 0 Å². The minimum Gasteiger partial charge on any atom is -0.380 e. The van der Waals surface area contributed by atoms with Crippen molar-refractivity contribution in [2.45, 2.75) is 33.3 Å². The standard InChI is InChI=1S/C20H24O2/c1-15(18(21)19(2,3)4)20(22,16-11-7-5-8-12-16)17-13-9-6-10-14-17/h5-15,22H,1-4H3. The van der Waals surface area contributed by atoms with Crippen LogP contribution in [-0.4, -0.2) is 10.9 Å². The Labute approximate surface area is 132 Å². The molecule has 0 fully saturated rings. The third-order valence-electron chi connectivity index (χ3n) is 4.19. The Morgan fingerprint density at radius 3 is 1.55 bits per heavy atom. The molecule has 0 aliphatic heterocycles. The van der Waals surface area contributed by atoms with E-state index in [1.807, 2.05) is 88.4 Å². The van der Waals surface area contributed by atoms with Crippen LogP contribution >= 0.6 is 0 Å². The van der Waals surface area contributed by atoms with Crippen molar-refractivity contribution in [3.05, 3.63) is 71.8 Å². The summed E-state index contributed by atoms with van der Waals surface area (Å²) >= 11 is 0. The minimum atomic E-state index is -1.33. The summed E-state index contributed by atoms with van der Waals surface area (Å²) in [6.07, 6.45) is 0. The predicted molar refractivity (Wildman–Crippen MR) is 89.5 cm³/mol. The van der Waals surface area contributed by atoms with Crippen molar-refractivity contribution in [2.75, 3.05) is 0 Å². The molecular formula is C20H24O2. The fraction of sp³-hybridized carbons (Fsp3) is 0.350. The molecule has 1 unspecified atom stereocenters. The van der Waals surface area contributed by atoms with Crippen molar-refractivity contribution >= 4 is 5.78 Å². The Bertz CT molecular complexity index is 584. The van der Waals surface area contributed by atoms with Crippen LogP contribution in [-0.2, 0) is 10.4 Å². The first kappa shape index (κ1) is 16.4. The third-order valence-corrected chi connectivity index (χ3v) is 4.19. The van der Waals surface area contributed by atoms with E-state index >= 15 is 0 Å². The third kappa shape index (κ3) is 2.97. The molecule has 0 aromatic heterocycles. The number of Topliss-reactive ketones (excluding diaryl/α,β-unsaturated/α-hetero) is 1. The molecule has 0 bridgehead atoms. The summed E-state index contributed by atoms with van der Waals surface area (Å²) < 4.78 is 0. The highest BCUT2D eigenvalue weighted by Crippen LogP contribution is 2.40. The Hall–Kier alpha value is -1.93. The molecule has 22 heavy (non-hydrogen) atoms. The quantitative estimate of drug-likeness (QED) is 0.919. The van der Waals surface area contributed by atoms with E-state index in [1.165, 1.54) is 0 Å². The molecular weight excluding hydrogens is 272 g/mol. The number of benzene rings is 2. The number of ketones is 1. The lowest BCUT2D eigenvalue weighted by Gasteiger charge is -2.37. The monoisotopic (exact) mass is 296 g/mol. The molecule has 0 saturated carbocycles. The highest BCUT2D eigenvalue weighted by Gasteiger charge is 2.44. The average Bonchev–Trinajstić information content (AvgIpc) is 2.53. The van der Waals surface area contributed by atoms with Crippen LogP contribution < -0.4 is 0 Å². The normalized spacial score (nSPS) is 13.7. The van der Waals surface area contributed by atoms with Gasteiger partial charge in [0, 0.05) is 5.41 Å². The molecule has 0 radical (unpaired) electrons. The van der Waals surface area contributed by atoms with Gasteiger partial charge in [0.1, 0.15) is 11.4 Å². The average molecular weight is 296 g/mol. The largest absolute Gasteiger partial charge is 0.380 e. The maximum Gasteiger partial charge on any atom is 0.144 e. The zero-order valence-corrected chi connectivity index (χ0v) is 13.7. The van der Waals surface area contributed by atoms with Gasteiger partial charge in [0.15, 0.2) is 0 Å². The molecule has 2 heteroatoms. The van der Waals surface area contributed by atoms with Gasteiger partial charge in [-0.2, -0.15) is 0 Å². The molecule has 2 rings (SSSR count). The summed E-state index contributed by atoms with van der Waals surface area (Å²) in [5.41, 5.74) is -0.346. The van der Waals surface area contributed by atoms with Gasteiger partial charge < -0.3 is 5.11 Å². The van der Waals surface area contributed by atoms with Crippen molar-refractivity contribution in [1.82, 2.24) is 0 Å². The van der Waals surface area contributed by atoms with Crippen molar-refractivity contribution in [1.29, 1.82) is 0 Å². The molecule has 0 saturated heterocycles. The van der Waals surface area contributed by atoms with E-state index in [4.69, 9.17) is 0 Å². The maximum absolute atomic E-state index is 12.8. The first-order valence-corrected chi connectivity index (χ1v) is 7.65. The van der Waals surface area contributed by atoms with Crippen LogP contribution in [0.15, 0.2) is 60.7 Å². The summed E-state index contributed by atoms with van der Waals surface area (Å²) in [5.74, 6) is -0.500. The predicted octanol–water partition coefficient (Wildman–Crippen LogP) is 4.17. The van der Waals surface area contributed by atoms with E-state index < -0.39 is 16.9 Å². The lowest BCUT2D eigenvalue weighted by atomic mass is 9.70. The summed E-state index contributed by atoms with van der Waals surface area (Å²) in [4.78, 5) is 12.8. The van der Waals surface area contributed by atoms with Crippen LogP contribution in [0.1, 0.15) is 38.8 Å². The highest BCUT2D eigenvalue weighted by molar-refractivity contribution is 5.87. The van der Waals surface area contributed by atoms with Crippen LogP contribution in [0, 0.1) is 11.3 Å².